The van der Waals surface area contributed by atoms with Crippen LogP contribution in [0.1, 0.15) is 5.56 Å². The number of esters is 1. The summed E-state index contributed by atoms with van der Waals surface area (Å²) in [5.74, 6) is -0.913. The second kappa shape index (κ2) is 9.02. The molecule has 0 aliphatic rings. The molecule has 0 unspecified atom stereocenters. The molecule has 0 bridgehead atoms. The first kappa shape index (κ1) is 17.0. The van der Waals surface area contributed by atoms with Crippen LogP contribution >= 0.6 is 11.8 Å². The van der Waals surface area contributed by atoms with Gasteiger partial charge < -0.3 is 15.4 Å². The molecule has 0 heterocycles. The van der Waals surface area contributed by atoms with Gasteiger partial charge in [-0.15, -0.1) is 11.8 Å². The fourth-order valence-corrected chi connectivity index (χ4v) is 2.02. The Kier molecular flexibility index (Phi) is 7.31. The number of likely N-dealkylation sites (N-methyl/N-ethyl adjacent to an activating group) is 1. The number of carbonyl (C=O) groups is 3. The second-order valence-electron chi connectivity index (χ2n) is 4.24. The fraction of sp³-hybridized carbons (Fsp3) is 0.357. The van der Waals surface area contributed by atoms with Gasteiger partial charge in [-0.3, -0.25) is 14.4 Å². The highest BCUT2D eigenvalue weighted by Crippen LogP contribution is 2.10. The molecule has 114 valence electrons. The molecule has 1 aromatic carbocycles. The maximum Gasteiger partial charge on any atom is 0.316 e. The molecule has 1 rings (SSSR count). The minimum atomic E-state index is -0.521. The van der Waals surface area contributed by atoms with Gasteiger partial charge >= 0.3 is 5.97 Å². The van der Waals surface area contributed by atoms with Gasteiger partial charge in [-0.1, -0.05) is 12.1 Å². The summed E-state index contributed by atoms with van der Waals surface area (Å²) < 4.78 is 4.71. The number of ether oxygens (including phenoxy) is 1. The van der Waals surface area contributed by atoms with Gasteiger partial charge in [0, 0.05) is 12.7 Å². The van der Waals surface area contributed by atoms with Gasteiger partial charge in [0.05, 0.1) is 11.5 Å². The van der Waals surface area contributed by atoms with Crippen LogP contribution in [-0.2, 0) is 19.1 Å². The van der Waals surface area contributed by atoms with Crippen molar-refractivity contribution in [3.63, 3.8) is 0 Å². The highest BCUT2D eigenvalue weighted by Gasteiger charge is 2.08. The molecule has 0 aromatic heterocycles. The largest absolute Gasteiger partial charge is 0.455 e. The van der Waals surface area contributed by atoms with E-state index in [9.17, 15) is 14.4 Å². The fourth-order valence-electron chi connectivity index (χ4n) is 1.41. The summed E-state index contributed by atoms with van der Waals surface area (Å²) >= 11 is 1.13. The molecule has 0 aliphatic heterocycles. The molecule has 2 N–H and O–H groups in total. The number of rotatable bonds is 7. The summed E-state index contributed by atoms with van der Waals surface area (Å²) in [4.78, 5) is 33.8. The van der Waals surface area contributed by atoms with Crippen molar-refractivity contribution in [2.45, 2.75) is 6.92 Å². The van der Waals surface area contributed by atoms with E-state index < -0.39 is 5.97 Å². The third kappa shape index (κ3) is 7.36. The first-order valence-corrected chi connectivity index (χ1v) is 7.47. The van der Waals surface area contributed by atoms with Crippen LogP contribution in [0.3, 0.4) is 0 Å². The number of thioether (sulfide) groups is 1. The van der Waals surface area contributed by atoms with Crippen LogP contribution in [0.25, 0.3) is 0 Å². The summed E-state index contributed by atoms with van der Waals surface area (Å²) in [5.41, 5.74) is 1.78. The van der Waals surface area contributed by atoms with Crippen LogP contribution in [0.5, 0.6) is 0 Å². The van der Waals surface area contributed by atoms with Crippen molar-refractivity contribution in [3.8, 4) is 0 Å². The highest BCUT2D eigenvalue weighted by molar-refractivity contribution is 8.00. The van der Waals surface area contributed by atoms with Gasteiger partial charge in [-0.05, 0) is 24.6 Å². The Morgan fingerprint density at radius 3 is 2.62 bits per heavy atom. The Morgan fingerprint density at radius 1 is 1.19 bits per heavy atom. The van der Waals surface area contributed by atoms with E-state index in [-0.39, 0.29) is 29.9 Å². The Labute approximate surface area is 127 Å². The first-order valence-electron chi connectivity index (χ1n) is 6.31. The molecule has 1 aromatic rings. The number of amides is 2. The van der Waals surface area contributed by atoms with E-state index in [4.69, 9.17) is 4.74 Å². The van der Waals surface area contributed by atoms with E-state index in [2.05, 4.69) is 10.6 Å². The summed E-state index contributed by atoms with van der Waals surface area (Å²) in [7, 11) is 1.46. The monoisotopic (exact) mass is 310 g/mol. The van der Waals surface area contributed by atoms with Gasteiger partial charge in [-0.25, -0.2) is 0 Å². The predicted octanol–water partition coefficient (Wildman–Crippen LogP) is 0.956. The average Bonchev–Trinajstić information content (AvgIpc) is 2.44. The minimum Gasteiger partial charge on any atom is -0.455 e. The SMILES string of the molecule is CNC(=O)COC(=O)CSCC(=O)Nc1cccc(C)c1. The number of aryl methyl sites for hydroxylation is 1. The van der Waals surface area contributed by atoms with Gasteiger partial charge in [0.25, 0.3) is 5.91 Å². The molecule has 0 spiro atoms. The Balaban J connectivity index is 2.21. The summed E-state index contributed by atoms with van der Waals surface area (Å²) in [5, 5.41) is 5.08. The lowest BCUT2D eigenvalue weighted by Crippen LogP contribution is -2.25. The van der Waals surface area contributed by atoms with E-state index >= 15 is 0 Å². The number of carbonyl (C=O) groups excluding carboxylic acids is 3. The third-order valence-corrected chi connectivity index (χ3v) is 3.30. The average molecular weight is 310 g/mol. The van der Waals surface area contributed by atoms with Gasteiger partial charge in [0.2, 0.25) is 5.91 Å². The molecular formula is C14H18N2O4S. The van der Waals surface area contributed by atoms with Gasteiger partial charge in [-0.2, -0.15) is 0 Å². The number of hydrogen-bond donors (Lipinski definition) is 2. The van der Waals surface area contributed by atoms with Crippen molar-refractivity contribution in [3.05, 3.63) is 29.8 Å². The van der Waals surface area contributed by atoms with Crippen LogP contribution in [0, 0.1) is 6.92 Å². The molecule has 0 saturated heterocycles. The van der Waals surface area contributed by atoms with Crippen molar-refractivity contribution >= 4 is 35.2 Å². The molecular weight excluding hydrogens is 292 g/mol. The molecule has 2 amide bonds. The molecule has 0 radical (unpaired) electrons. The molecule has 0 fully saturated rings. The maximum atomic E-state index is 11.7. The Morgan fingerprint density at radius 2 is 1.95 bits per heavy atom. The first-order chi connectivity index (χ1) is 10.0. The molecule has 0 atom stereocenters. The van der Waals surface area contributed by atoms with Crippen molar-refractivity contribution in [2.75, 3.05) is 30.5 Å². The van der Waals surface area contributed by atoms with E-state index in [0.717, 1.165) is 23.0 Å². The van der Waals surface area contributed by atoms with E-state index in [0.29, 0.717) is 0 Å². The van der Waals surface area contributed by atoms with Crippen molar-refractivity contribution < 1.29 is 19.1 Å². The van der Waals surface area contributed by atoms with Crippen LogP contribution in [0.4, 0.5) is 5.69 Å². The van der Waals surface area contributed by atoms with Crippen molar-refractivity contribution in [1.29, 1.82) is 0 Å². The number of hydrogen-bond acceptors (Lipinski definition) is 5. The molecule has 21 heavy (non-hydrogen) atoms. The Hall–Kier alpha value is -2.02. The molecule has 0 aliphatic carbocycles. The maximum absolute atomic E-state index is 11.7. The zero-order valence-electron chi connectivity index (χ0n) is 12.0. The van der Waals surface area contributed by atoms with Crippen molar-refractivity contribution in [2.24, 2.45) is 0 Å². The van der Waals surface area contributed by atoms with E-state index in [1.54, 1.807) is 6.07 Å². The third-order valence-electron chi connectivity index (χ3n) is 2.40. The number of anilines is 1. The quantitative estimate of drug-likeness (QED) is 0.733. The smallest absolute Gasteiger partial charge is 0.316 e. The van der Waals surface area contributed by atoms with Crippen LogP contribution in [-0.4, -0.2) is 42.9 Å². The summed E-state index contributed by atoms with van der Waals surface area (Å²) in [6.45, 7) is 1.64. The standard InChI is InChI=1S/C14H18N2O4S/c1-10-4-3-5-11(6-10)16-13(18)8-21-9-14(19)20-7-12(17)15-2/h3-6H,7-9H2,1-2H3,(H,15,17)(H,16,18). The zero-order chi connectivity index (χ0) is 15.7. The molecule has 6 nitrogen and oxygen atoms in total. The van der Waals surface area contributed by atoms with E-state index in [1.165, 1.54) is 7.05 Å². The topological polar surface area (TPSA) is 84.5 Å². The lowest BCUT2D eigenvalue weighted by molar-refractivity contribution is -0.145. The summed E-state index contributed by atoms with van der Waals surface area (Å²) in [6.07, 6.45) is 0. The predicted molar refractivity (Wildman–Crippen MR) is 82.2 cm³/mol. The van der Waals surface area contributed by atoms with Crippen LogP contribution in [0.15, 0.2) is 24.3 Å². The van der Waals surface area contributed by atoms with E-state index in [1.807, 2.05) is 25.1 Å². The molecule has 7 heteroatoms. The Bertz CT molecular complexity index is 519. The lowest BCUT2D eigenvalue weighted by atomic mass is 10.2. The lowest BCUT2D eigenvalue weighted by Gasteiger charge is -2.06. The van der Waals surface area contributed by atoms with Gasteiger partial charge in [0.1, 0.15) is 0 Å². The summed E-state index contributed by atoms with van der Waals surface area (Å²) in [6, 6.07) is 7.45. The number of benzene rings is 1. The molecule has 0 saturated carbocycles. The number of nitrogens with one attached hydrogen (secondary N) is 2. The van der Waals surface area contributed by atoms with Crippen LogP contribution < -0.4 is 10.6 Å². The highest BCUT2D eigenvalue weighted by atomic mass is 32.2. The van der Waals surface area contributed by atoms with Crippen LogP contribution in [0.2, 0.25) is 0 Å². The van der Waals surface area contributed by atoms with Gasteiger partial charge in [0.15, 0.2) is 6.61 Å². The normalized spacial score (nSPS) is 9.81. The second-order valence-corrected chi connectivity index (χ2v) is 5.23. The van der Waals surface area contributed by atoms with Crippen molar-refractivity contribution in [1.82, 2.24) is 5.32 Å². The zero-order valence-corrected chi connectivity index (χ0v) is 12.8. The minimum absolute atomic E-state index is 0.0260.